The highest BCUT2D eigenvalue weighted by molar-refractivity contribution is 4.45. The number of hydrogen-bond donors (Lipinski definition) is 1. The van der Waals surface area contributed by atoms with E-state index < -0.39 is 12.8 Å². The molecule has 0 aromatic heterocycles. The van der Waals surface area contributed by atoms with E-state index in [1.165, 1.54) is 0 Å². The molecule has 0 aliphatic rings. The molecule has 0 heterocycles. The zero-order valence-electron chi connectivity index (χ0n) is 7.27. The molecule has 80 valence electrons. The van der Waals surface area contributed by atoms with Crippen molar-refractivity contribution < 1.29 is 22.6 Å². The summed E-state index contributed by atoms with van der Waals surface area (Å²) in [7, 11) is 0. The van der Waals surface area contributed by atoms with E-state index in [1.807, 2.05) is 0 Å². The molecule has 0 atom stereocenters. The number of rotatable bonds is 7. The first-order chi connectivity index (χ1) is 6.06. The Morgan fingerprint density at radius 1 is 1.00 bits per heavy atom. The van der Waals surface area contributed by atoms with Gasteiger partial charge in [0.05, 0.1) is 13.2 Å². The second kappa shape index (κ2) is 7.11. The van der Waals surface area contributed by atoms with Crippen LogP contribution in [-0.2, 0) is 9.47 Å². The van der Waals surface area contributed by atoms with Gasteiger partial charge in [-0.2, -0.15) is 13.2 Å². The van der Waals surface area contributed by atoms with E-state index in [0.717, 1.165) is 0 Å². The molecule has 0 spiro atoms. The normalized spacial score (nSPS) is 12.0. The highest BCUT2D eigenvalue weighted by atomic mass is 19.4. The SMILES string of the molecule is NCCCOCCOCC(F)(F)F. The summed E-state index contributed by atoms with van der Waals surface area (Å²) in [5, 5.41) is 0. The Labute approximate surface area is 75.0 Å². The number of alkyl halides is 3. The fraction of sp³-hybridized carbons (Fsp3) is 1.00. The van der Waals surface area contributed by atoms with E-state index in [4.69, 9.17) is 10.5 Å². The highest BCUT2D eigenvalue weighted by Crippen LogP contribution is 2.13. The van der Waals surface area contributed by atoms with Crippen LogP contribution in [0, 0.1) is 0 Å². The van der Waals surface area contributed by atoms with Gasteiger partial charge in [0.1, 0.15) is 6.61 Å². The van der Waals surface area contributed by atoms with E-state index in [0.29, 0.717) is 19.6 Å². The van der Waals surface area contributed by atoms with Crippen molar-refractivity contribution in [3.8, 4) is 0 Å². The fourth-order valence-electron chi connectivity index (χ4n) is 0.593. The Hall–Kier alpha value is -0.330. The van der Waals surface area contributed by atoms with Crippen LogP contribution in [0.3, 0.4) is 0 Å². The van der Waals surface area contributed by atoms with Crippen molar-refractivity contribution in [3.05, 3.63) is 0 Å². The molecule has 0 aliphatic heterocycles. The van der Waals surface area contributed by atoms with Crippen LogP contribution in [0.15, 0.2) is 0 Å². The Morgan fingerprint density at radius 2 is 1.62 bits per heavy atom. The third-order valence-electron chi connectivity index (χ3n) is 1.13. The number of hydrogen-bond acceptors (Lipinski definition) is 3. The summed E-state index contributed by atoms with van der Waals surface area (Å²) < 4.78 is 43.7. The second-order valence-corrected chi connectivity index (χ2v) is 2.42. The lowest BCUT2D eigenvalue weighted by atomic mass is 10.5. The van der Waals surface area contributed by atoms with Crippen molar-refractivity contribution in [2.75, 3.05) is 33.0 Å². The first-order valence-electron chi connectivity index (χ1n) is 3.98. The topological polar surface area (TPSA) is 44.5 Å². The standard InChI is InChI=1S/C7H14F3NO2/c8-7(9,10)6-13-5-4-12-3-1-2-11/h1-6,11H2. The molecular weight excluding hydrogens is 187 g/mol. The van der Waals surface area contributed by atoms with Crippen molar-refractivity contribution in [2.45, 2.75) is 12.6 Å². The van der Waals surface area contributed by atoms with Crippen molar-refractivity contribution in [1.29, 1.82) is 0 Å². The van der Waals surface area contributed by atoms with Gasteiger partial charge in [0.15, 0.2) is 0 Å². The van der Waals surface area contributed by atoms with Crippen LogP contribution in [0.2, 0.25) is 0 Å². The van der Waals surface area contributed by atoms with Crippen LogP contribution in [0.4, 0.5) is 13.2 Å². The van der Waals surface area contributed by atoms with Crippen LogP contribution in [0.5, 0.6) is 0 Å². The van der Waals surface area contributed by atoms with E-state index >= 15 is 0 Å². The molecule has 0 fully saturated rings. The molecule has 0 aromatic rings. The summed E-state index contributed by atoms with van der Waals surface area (Å²) in [5.41, 5.74) is 5.17. The first kappa shape index (κ1) is 12.7. The molecule has 0 aromatic carbocycles. The molecule has 6 heteroatoms. The molecule has 13 heavy (non-hydrogen) atoms. The quantitative estimate of drug-likeness (QED) is 0.623. The second-order valence-electron chi connectivity index (χ2n) is 2.42. The summed E-state index contributed by atoms with van der Waals surface area (Å²) in [6.07, 6.45) is -3.55. The van der Waals surface area contributed by atoms with Gasteiger partial charge in [0.2, 0.25) is 0 Å². The molecular formula is C7H14F3NO2. The van der Waals surface area contributed by atoms with Gasteiger partial charge in [-0.15, -0.1) is 0 Å². The van der Waals surface area contributed by atoms with Crippen LogP contribution in [0.25, 0.3) is 0 Å². The molecule has 0 saturated heterocycles. The minimum Gasteiger partial charge on any atom is -0.379 e. The Bertz CT molecular complexity index is 119. The summed E-state index contributed by atoms with van der Waals surface area (Å²) in [4.78, 5) is 0. The largest absolute Gasteiger partial charge is 0.411 e. The zero-order valence-corrected chi connectivity index (χ0v) is 7.27. The lowest BCUT2D eigenvalue weighted by Gasteiger charge is -2.07. The molecule has 0 radical (unpaired) electrons. The van der Waals surface area contributed by atoms with Crippen molar-refractivity contribution in [2.24, 2.45) is 5.73 Å². The lowest BCUT2D eigenvalue weighted by molar-refractivity contribution is -0.176. The third kappa shape index (κ3) is 11.7. The summed E-state index contributed by atoms with van der Waals surface area (Å²) >= 11 is 0. The average molecular weight is 201 g/mol. The highest BCUT2D eigenvalue weighted by Gasteiger charge is 2.27. The first-order valence-corrected chi connectivity index (χ1v) is 3.98. The lowest BCUT2D eigenvalue weighted by Crippen LogP contribution is -2.19. The van der Waals surface area contributed by atoms with E-state index in [-0.39, 0.29) is 13.2 Å². The van der Waals surface area contributed by atoms with Crippen LogP contribution in [0.1, 0.15) is 6.42 Å². The Balaban J connectivity index is 3.00. The summed E-state index contributed by atoms with van der Waals surface area (Å²) in [5.74, 6) is 0. The zero-order chi connectivity index (χ0) is 10.2. The van der Waals surface area contributed by atoms with E-state index in [2.05, 4.69) is 4.74 Å². The molecule has 0 amide bonds. The number of nitrogens with two attached hydrogens (primary N) is 1. The monoisotopic (exact) mass is 201 g/mol. The maximum atomic E-state index is 11.5. The number of halogens is 3. The van der Waals surface area contributed by atoms with Gasteiger partial charge in [0.25, 0.3) is 0 Å². The summed E-state index contributed by atoms with van der Waals surface area (Å²) in [6.45, 7) is -0.0945. The molecule has 0 unspecified atom stereocenters. The van der Waals surface area contributed by atoms with Crippen molar-refractivity contribution >= 4 is 0 Å². The minimum atomic E-state index is -4.25. The van der Waals surface area contributed by atoms with E-state index in [1.54, 1.807) is 0 Å². The maximum absolute atomic E-state index is 11.5. The van der Waals surface area contributed by atoms with Gasteiger partial charge < -0.3 is 15.2 Å². The Morgan fingerprint density at radius 3 is 2.15 bits per heavy atom. The molecule has 0 aliphatic carbocycles. The molecule has 0 saturated carbocycles. The minimum absolute atomic E-state index is 0.0376. The Kier molecular flexibility index (Phi) is 6.93. The summed E-state index contributed by atoms with van der Waals surface area (Å²) in [6, 6.07) is 0. The van der Waals surface area contributed by atoms with Crippen LogP contribution in [-0.4, -0.2) is 39.1 Å². The fourth-order valence-corrected chi connectivity index (χ4v) is 0.593. The smallest absolute Gasteiger partial charge is 0.379 e. The predicted molar refractivity (Wildman–Crippen MR) is 41.4 cm³/mol. The van der Waals surface area contributed by atoms with Gasteiger partial charge in [0, 0.05) is 6.61 Å². The van der Waals surface area contributed by atoms with Gasteiger partial charge >= 0.3 is 6.18 Å². The molecule has 0 bridgehead atoms. The van der Waals surface area contributed by atoms with Crippen molar-refractivity contribution in [3.63, 3.8) is 0 Å². The van der Waals surface area contributed by atoms with E-state index in [9.17, 15) is 13.2 Å². The van der Waals surface area contributed by atoms with Crippen LogP contribution >= 0.6 is 0 Å². The van der Waals surface area contributed by atoms with Gasteiger partial charge in [-0.3, -0.25) is 0 Å². The van der Waals surface area contributed by atoms with Crippen molar-refractivity contribution in [1.82, 2.24) is 0 Å². The third-order valence-corrected chi connectivity index (χ3v) is 1.13. The van der Waals surface area contributed by atoms with Crippen LogP contribution < -0.4 is 5.73 Å². The molecule has 3 nitrogen and oxygen atoms in total. The average Bonchev–Trinajstić information content (AvgIpc) is 2.01. The molecule has 0 rings (SSSR count). The number of ether oxygens (including phenoxy) is 2. The van der Waals surface area contributed by atoms with Gasteiger partial charge in [-0.05, 0) is 13.0 Å². The molecule has 2 N–H and O–H groups in total. The maximum Gasteiger partial charge on any atom is 0.411 e. The van der Waals surface area contributed by atoms with Gasteiger partial charge in [-0.25, -0.2) is 0 Å². The van der Waals surface area contributed by atoms with Gasteiger partial charge in [-0.1, -0.05) is 0 Å². The predicted octanol–water partition coefficient (Wildman–Crippen LogP) is 0.931.